The highest BCUT2D eigenvalue weighted by Gasteiger charge is 2.15. The number of hydrogen-bond donors (Lipinski definition) is 2. The second-order valence-corrected chi connectivity index (χ2v) is 4.59. The Kier molecular flexibility index (Phi) is 6.34. The first-order valence-corrected chi connectivity index (χ1v) is 6.44. The molecule has 0 aliphatic carbocycles. The van der Waals surface area contributed by atoms with E-state index in [0.717, 1.165) is 0 Å². The maximum Gasteiger partial charge on any atom is 0.230 e. The molecule has 2 amide bonds. The standard InChI is InChI=1S/C10H15N5O2S/c1-7(10-13-6-14-15-10)18-5-9(17)12-4-3-11-8(2)16/h1,7H,3-6H2,2H3,(H,11,16)(H,12,17). The van der Waals surface area contributed by atoms with Crippen molar-refractivity contribution >= 4 is 29.4 Å². The molecule has 0 saturated heterocycles. The fourth-order valence-electron chi connectivity index (χ4n) is 1.12. The number of rotatable bonds is 7. The van der Waals surface area contributed by atoms with E-state index in [4.69, 9.17) is 6.92 Å². The molecule has 18 heavy (non-hydrogen) atoms. The SMILES string of the molecule is [CH]C(SCC(=O)NCCNC(C)=O)C1=NCN=N1. The summed E-state index contributed by atoms with van der Waals surface area (Å²) in [5.74, 6) is 0.420. The van der Waals surface area contributed by atoms with Crippen molar-refractivity contribution in [1.29, 1.82) is 0 Å². The van der Waals surface area contributed by atoms with Crippen molar-refractivity contribution in [3.05, 3.63) is 6.92 Å². The zero-order valence-electron chi connectivity index (χ0n) is 10.0. The molecule has 1 rings (SSSR count). The summed E-state index contributed by atoms with van der Waals surface area (Å²) in [7, 11) is 0. The van der Waals surface area contributed by atoms with Crippen molar-refractivity contribution in [2.75, 3.05) is 25.5 Å². The molecule has 0 aromatic heterocycles. The molecule has 0 aromatic rings. The van der Waals surface area contributed by atoms with Gasteiger partial charge in [0.15, 0.2) is 12.5 Å². The summed E-state index contributed by atoms with van der Waals surface area (Å²) in [6.45, 7) is 8.31. The maximum absolute atomic E-state index is 11.4. The van der Waals surface area contributed by atoms with E-state index in [1.165, 1.54) is 18.7 Å². The second-order valence-electron chi connectivity index (χ2n) is 3.46. The monoisotopic (exact) mass is 269 g/mol. The lowest BCUT2D eigenvalue weighted by atomic mass is 10.4. The topological polar surface area (TPSA) is 95.3 Å². The number of thioether (sulfide) groups is 1. The predicted molar refractivity (Wildman–Crippen MR) is 69.4 cm³/mol. The van der Waals surface area contributed by atoms with Gasteiger partial charge in [0.05, 0.1) is 11.0 Å². The minimum atomic E-state index is -0.433. The molecule has 0 aromatic carbocycles. The van der Waals surface area contributed by atoms with Gasteiger partial charge in [-0.3, -0.25) is 9.59 Å². The Bertz CT molecular complexity index is 369. The van der Waals surface area contributed by atoms with Gasteiger partial charge in [0.1, 0.15) is 0 Å². The Hall–Kier alpha value is -1.44. The Morgan fingerprint density at radius 2 is 2.17 bits per heavy atom. The Morgan fingerprint density at radius 1 is 1.44 bits per heavy atom. The lowest BCUT2D eigenvalue weighted by molar-refractivity contribution is -0.120. The fourth-order valence-corrected chi connectivity index (χ4v) is 1.82. The van der Waals surface area contributed by atoms with E-state index in [1.807, 2.05) is 0 Å². The molecule has 1 atom stereocenters. The Morgan fingerprint density at radius 3 is 2.78 bits per heavy atom. The molecule has 7 nitrogen and oxygen atoms in total. The van der Waals surface area contributed by atoms with E-state index in [9.17, 15) is 9.59 Å². The summed E-state index contributed by atoms with van der Waals surface area (Å²) in [6.07, 6.45) is 0. The molecule has 0 spiro atoms. The number of carbonyl (C=O) groups is 2. The predicted octanol–water partition coefficient (Wildman–Crippen LogP) is -0.127. The fraction of sp³-hybridized carbons (Fsp3) is 0.600. The highest BCUT2D eigenvalue weighted by Crippen LogP contribution is 2.14. The third-order valence-electron chi connectivity index (χ3n) is 1.94. The zero-order chi connectivity index (χ0) is 13.4. The Labute approximate surface area is 110 Å². The lowest BCUT2D eigenvalue weighted by Crippen LogP contribution is -2.34. The van der Waals surface area contributed by atoms with Crippen LogP contribution in [0.25, 0.3) is 0 Å². The van der Waals surface area contributed by atoms with E-state index in [1.54, 1.807) is 0 Å². The largest absolute Gasteiger partial charge is 0.355 e. The molecule has 1 unspecified atom stereocenters. The molecule has 2 N–H and O–H groups in total. The van der Waals surface area contributed by atoms with Crippen molar-refractivity contribution in [3.8, 4) is 0 Å². The van der Waals surface area contributed by atoms with E-state index >= 15 is 0 Å². The van der Waals surface area contributed by atoms with E-state index in [0.29, 0.717) is 25.6 Å². The van der Waals surface area contributed by atoms with Crippen LogP contribution in [0.4, 0.5) is 0 Å². The summed E-state index contributed by atoms with van der Waals surface area (Å²) in [5.41, 5.74) is 0. The van der Waals surface area contributed by atoms with Crippen LogP contribution in [0.15, 0.2) is 15.2 Å². The van der Waals surface area contributed by atoms with Gasteiger partial charge in [0, 0.05) is 20.0 Å². The van der Waals surface area contributed by atoms with Gasteiger partial charge in [-0.2, -0.15) is 5.11 Å². The van der Waals surface area contributed by atoms with Crippen molar-refractivity contribution in [2.45, 2.75) is 12.2 Å². The van der Waals surface area contributed by atoms with Gasteiger partial charge in [-0.15, -0.1) is 16.9 Å². The normalized spacial score (nSPS) is 15.1. The smallest absolute Gasteiger partial charge is 0.230 e. The van der Waals surface area contributed by atoms with Gasteiger partial charge in [0.2, 0.25) is 11.8 Å². The van der Waals surface area contributed by atoms with E-state index < -0.39 is 5.25 Å². The van der Waals surface area contributed by atoms with Crippen LogP contribution in [0, 0.1) is 6.92 Å². The minimum Gasteiger partial charge on any atom is -0.355 e. The number of hydrogen-bond acceptors (Lipinski definition) is 6. The summed E-state index contributed by atoms with van der Waals surface area (Å²) < 4.78 is 0. The van der Waals surface area contributed by atoms with Crippen LogP contribution < -0.4 is 10.6 Å². The van der Waals surface area contributed by atoms with Crippen LogP contribution in [-0.2, 0) is 9.59 Å². The molecule has 0 bridgehead atoms. The van der Waals surface area contributed by atoms with Gasteiger partial charge in [-0.1, -0.05) is 0 Å². The number of nitrogens with zero attached hydrogens (tertiary/aromatic N) is 3. The van der Waals surface area contributed by atoms with Crippen molar-refractivity contribution < 1.29 is 9.59 Å². The minimum absolute atomic E-state index is 0.120. The number of amides is 2. The van der Waals surface area contributed by atoms with Crippen LogP contribution >= 0.6 is 11.8 Å². The first-order valence-electron chi connectivity index (χ1n) is 5.39. The average molecular weight is 269 g/mol. The third-order valence-corrected chi connectivity index (χ3v) is 2.94. The molecule has 1 aliphatic heterocycles. The highest BCUT2D eigenvalue weighted by molar-refractivity contribution is 8.01. The molecule has 8 heteroatoms. The molecule has 0 saturated carbocycles. The van der Waals surface area contributed by atoms with Gasteiger partial charge in [-0.05, 0) is 6.92 Å². The van der Waals surface area contributed by atoms with Crippen LogP contribution in [0.3, 0.4) is 0 Å². The third kappa shape index (κ3) is 5.76. The number of carbonyl (C=O) groups excluding carboxylic acids is 2. The lowest BCUT2D eigenvalue weighted by Gasteiger charge is -2.08. The molecule has 98 valence electrons. The summed E-state index contributed by atoms with van der Waals surface area (Å²) in [4.78, 5) is 26.0. The number of azo groups is 1. The van der Waals surface area contributed by atoms with Gasteiger partial charge >= 0.3 is 0 Å². The van der Waals surface area contributed by atoms with Crippen LogP contribution in [0.1, 0.15) is 6.92 Å². The van der Waals surface area contributed by atoms with E-state index in [2.05, 4.69) is 25.9 Å². The quantitative estimate of drug-likeness (QED) is 0.630. The molecule has 1 aliphatic rings. The molecular weight excluding hydrogens is 254 g/mol. The summed E-state index contributed by atoms with van der Waals surface area (Å²) in [5, 5.41) is 12.2. The second kappa shape index (κ2) is 7.80. The number of amidine groups is 1. The summed E-state index contributed by atoms with van der Waals surface area (Å²) in [6, 6.07) is 0. The van der Waals surface area contributed by atoms with Crippen LogP contribution in [0.5, 0.6) is 0 Å². The molecule has 0 fully saturated rings. The van der Waals surface area contributed by atoms with Crippen molar-refractivity contribution in [2.24, 2.45) is 15.2 Å². The maximum atomic E-state index is 11.4. The van der Waals surface area contributed by atoms with E-state index in [-0.39, 0.29) is 17.6 Å². The highest BCUT2D eigenvalue weighted by atomic mass is 32.2. The summed E-state index contributed by atoms with van der Waals surface area (Å²) >= 11 is 1.24. The zero-order valence-corrected chi connectivity index (χ0v) is 10.9. The van der Waals surface area contributed by atoms with Crippen LogP contribution in [-0.4, -0.2) is 48.4 Å². The van der Waals surface area contributed by atoms with Crippen molar-refractivity contribution in [3.63, 3.8) is 0 Å². The Balaban J connectivity index is 2.09. The first-order chi connectivity index (χ1) is 8.59. The number of aliphatic imine (C=N–C) groups is 1. The van der Waals surface area contributed by atoms with Gasteiger partial charge in [0.25, 0.3) is 0 Å². The molecular formula is C10H15N5O2S. The van der Waals surface area contributed by atoms with Crippen LogP contribution in [0.2, 0.25) is 0 Å². The average Bonchev–Trinajstić information content (AvgIpc) is 2.85. The first kappa shape index (κ1) is 14.6. The molecule has 1 heterocycles. The van der Waals surface area contributed by atoms with Gasteiger partial charge < -0.3 is 10.6 Å². The molecule has 2 radical (unpaired) electrons. The van der Waals surface area contributed by atoms with Gasteiger partial charge in [-0.25, -0.2) is 4.99 Å². The van der Waals surface area contributed by atoms with Crippen molar-refractivity contribution in [1.82, 2.24) is 10.6 Å². The number of nitrogens with one attached hydrogen (secondary N) is 2.